The van der Waals surface area contributed by atoms with Gasteiger partial charge in [-0.05, 0) is 6.42 Å². The zero-order chi connectivity index (χ0) is 4.85. The van der Waals surface area contributed by atoms with E-state index in [1.807, 2.05) is 0 Å². The molecule has 1 aliphatic carbocycles. The Bertz CT molecular complexity index is 90.1. The minimum Gasteiger partial charge on any atom is -0.393 e. The zero-order valence-corrected chi connectivity index (χ0v) is 4.09. The molecule has 1 aliphatic heterocycles. The van der Waals surface area contributed by atoms with E-state index in [0.717, 1.165) is 13.0 Å². The quantitative estimate of drug-likeness (QED) is 0.422. The second kappa shape index (κ2) is 1.01. The summed E-state index contributed by atoms with van der Waals surface area (Å²) >= 11 is 0. The minimum atomic E-state index is 0.0336. The average Bonchev–Trinajstić information content (AvgIpc) is 1.59. The lowest BCUT2D eigenvalue weighted by Crippen LogP contribution is -2.67. The fourth-order valence-electron chi connectivity index (χ4n) is 1.32. The SMILES string of the molecule is OC1CC2NCC12. The largest absolute Gasteiger partial charge is 0.393 e. The van der Waals surface area contributed by atoms with Crippen LogP contribution < -0.4 is 5.32 Å². The summed E-state index contributed by atoms with van der Waals surface area (Å²) in [5.74, 6) is 0.625. The summed E-state index contributed by atoms with van der Waals surface area (Å²) in [6.07, 6.45) is 1.02. The van der Waals surface area contributed by atoms with E-state index < -0.39 is 0 Å². The van der Waals surface area contributed by atoms with Crippen LogP contribution in [0.5, 0.6) is 0 Å². The Morgan fingerprint density at radius 3 is 2.43 bits per heavy atom. The molecular weight excluding hydrogens is 90.1 g/mol. The second-order valence-corrected chi connectivity index (χ2v) is 2.48. The van der Waals surface area contributed by atoms with Crippen LogP contribution >= 0.6 is 0 Å². The highest BCUT2D eigenvalue weighted by molar-refractivity contribution is 5.02. The molecule has 1 saturated heterocycles. The third kappa shape index (κ3) is 0.318. The van der Waals surface area contributed by atoms with E-state index in [2.05, 4.69) is 5.32 Å². The van der Waals surface area contributed by atoms with Crippen LogP contribution in [0.4, 0.5) is 0 Å². The lowest BCUT2D eigenvalue weighted by atomic mass is 9.71. The van der Waals surface area contributed by atoms with Gasteiger partial charge in [-0.25, -0.2) is 0 Å². The summed E-state index contributed by atoms with van der Waals surface area (Å²) in [5.41, 5.74) is 0. The maximum Gasteiger partial charge on any atom is 0.0610 e. The van der Waals surface area contributed by atoms with Crippen LogP contribution in [0, 0.1) is 5.92 Å². The molecule has 3 unspecified atom stereocenters. The van der Waals surface area contributed by atoms with Crippen molar-refractivity contribution in [2.75, 3.05) is 6.54 Å². The first kappa shape index (κ1) is 3.87. The summed E-state index contributed by atoms with van der Waals surface area (Å²) in [6.45, 7) is 1.05. The third-order valence-corrected chi connectivity index (χ3v) is 2.12. The van der Waals surface area contributed by atoms with Crippen LogP contribution in [-0.4, -0.2) is 23.8 Å². The standard InChI is InChI=1S/C5H9NO/c7-5-1-4-3(5)2-6-4/h3-7H,1-2H2. The Balaban J connectivity index is 1.99. The number of piperidine rings is 1. The Morgan fingerprint density at radius 2 is 2.43 bits per heavy atom. The van der Waals surface area contributed by atoms with Gasteiger partial charge in [-0.2, -0.15) is 0 Å². The van der Waals surface area contributed by atoms with Crippen LogP contribution in [0.3, 0.4) is 0 Å². The maximum atomic E-state index is 8.90. The first-order chi connectivity index (χ1) is 3.38. The molecule has 0 bridgehead atoms. The van der Waals surface area contributed by atoms with Crippen LogP contribution in [0.25, 0.3) is 0 Å². The zero-order valence-electron chi connectivity index (χ0n) is 4.09. The molecule has 7 heavy (non-hydrogen) atoms. The van der Waals surface area contributed by atoms with E-state index >= 15 is 0 Å². The summed E-state index contributed by atoms with van der Waals surface area (Å²) in [7, 11) is 0. The van der Waals surface area contributed by atoms with Gasteiger partial charge in [-0.15, -0.1) is 0 Å². The Labute approximate surface area is 42.5 Å². The molecule has 3 atom stereocenters. The van der Waals surface area contributed by atoms with Crippen molar-refractivity contribution < 1.29 is 5.11 Å². The average molecular weight is 99.1 g/mol. The van der Waals surface area contributed by atoms with Crippen molar-refractivity contribution in [3.63, 3.8) is 0 Å². The van der Waals surface area contributed by atoms with Crippen molar-refractivity contribution in [3.8, 4) is 0 Å². The monoisotopic (exact) mass is 99.1 g/mol. The summed E-state index contributed by atoms with van der Waals surface area (Å²) in [6, 6.07) is 0.690. The van der Waals surface area contributed by atoms with E-state index in [-0.39, 0.29) is 6.10 Å². The van der Waals surface area contributed by atoms with Gasteiger partial charge in [0.2, 0.25) is 0 Å². The summed E-state index contributed by atoms with van der Waals surface area (Å²) < 4.78 is 0. The maximum absolute atomic E-state index is 8.90. The van der Waals surface area contributed by atoms with E-state index in [1.165, 1.54) is 0 Å². The summed E-state index contributed by atoms with van der Waals surface area (Å²) in [4.78, 5) is 0. The van der Waals surface area contributed by atoms with Crippen LogP contribution in [-0.2, 0) is 0 Å². The highest BCUT2D eigenvalue weighted by atomic mass is 16.3. The fourth-order valence-corrected chi connectivity index (χ4v) is 1.32. The van der Waals surface area contributed by atoms with Crippen LogP contribution in [0.15, 0.2) is 0 Å². The molecule has 2 fully saturated rings. The van der Waals surface area contributed by atoms with E-state index in [4.69, 9.17) is 5.11 Å². The number of hydrogen-bond donors (Lipinski definition) is 2. The van der Waals surface area contributed by atoms with Gasteiger partial charge in [-0.3, -0.25) is 0 Å². The lowest BCUT2D eigenvalue weighted by Gasteiger charge is -2.51. The number of nitrogens with one attached hydrogen (secondary N) is 1. The number of aliphatic hydroxyl groups is 1. The number of hydrogen-bond acceptors (Lipinski definition) is 2. The molecule has 0 aromatic carbocycles. The van der Waals surface area contributed by atoms with Gasteiger partial charge in [0.15, 0.2) is 0 Å². The molecule has 2 aliphatic rings. The molecule has 1 saturated carbocycles. The molecule has 2 N–H and O–H groups in total. The van der Waals surface area contributed by atoms with E-state index in [9.17, 15) is 0 Å². The van der Waals surface area contributed by atoms with Crippen LogP contribution in [0.1, 0.15) is 6.42 Å². The molecule has 1 heterocycles. The normalized spacial score (nSPS) is 57.0. The van der Waals surface area contributed by atoms with E-state index in [1.54, 1.807) is 0 Å². The molecule has 2 nitrogen and oxygen atoms in total. The third-order valence-electron chi connectivity index (χ3n) is 2.12. The van der Waals surface area contributed by atoms with Gasteiger partial charge in [0.1, 0.15) is 0 Å². The smallest absolute Gasteiger partial charge is 0.0610 e. The highest BCUT2D eigenvalue weighted by Crippen LogP contribution is 2.33. The molecule has 2 rings (SSSR count). The number of fused-ring (bicyclic) bond motifs is 1. The van der Waals surface area contributed by atoms with Gasteiger partial charge >= 0.3 is 0 Å². The topological polar surface area (TPSA) is 32.3 Å². The van der Waals surface area contributed by atoms with Gasteiger partial charge in [-0.1, -0.05) is 0 Å². The van der Waals surface area contributed by atoms with Crippen molar-refractivity contribution in [3.05, 3.63) is 0 Å². The molecule has 0 radical (unpaired) electrons. The van der Waals surface area contributed by atoms with Crippen molar-refractivity contribution in [1.29, 1.82) is 0 Å². The predicted octanol–water partition coefficient (Wildman–Crippen LogP) is -0.661. The first-order valence-electron chi connectivity index (χ1n) is 2.79. The van der Waals surface area contributed by atoms with Gasteiger partial charge < -0.3 is 10.4 Å². The molecular formula is C5H9NO. The van der Waals surface area contributed by atoms with E-state index in [0.29, 0.717) is 12.0 Å². The molecule has 2 heteroatoms. The highest BCUT2D eigenvalue weighted by Gasteiger charge is 2.45. The van der Waals surface area contributed by atoms with Crippen molar-refractivity contribution in [1.82, 2.24) is 5.32 Å². The Hall–Kier alpha value is -0.0800. The van der Waals surface area contributed by atoms with Gasteiger partial charge in [0, 0.05) is 18.5 Å². The Morgan fingerprint density at radius 1 is 1.57 bits per heavy atom. The summed E-state index contributed by atoms with van der Waals surface area (Å²) in [5, 5.41) is 12.1. The first-order valence-corrected chi connectivity index (χ1v) is 2.79. The van der Waals surface area contributed by atoms with Crippen LogP contribution in [0.2, 0.25) is 0 Å². The molecule has 0 aromatic heterocycles. The van der Waals surface area contributed by atoms with Gasteiger partial charge in [0.25, 0.3) is 0 Å². The lowest BCUT2D eigenvalue weighted by molar-refractivity contribution is -0.0584. The number of rotatable bonds is 0. The number of aliphatic hydroxyl groups excluding tert-OH is 1. The van der Waals surface area contributed by atoms with Crippen molar-refractivity contribution >= 4 is 0 Å². The Kier molecular flexibility index (Phi) is 0.557. The molecule has 0 aromatic rings. The van der Waals surface area contributed by atoms with Crippen molar-refractivity contribution in [2.45, 2.75) is 18.6 Å². The molecule has 40 valence electrons. The second-order valence-electron chi connectivity index (χ2n) is 2.48. The molecule has 0 spiro atoms. The fraction of sp³-hybridized carbons (Fsp3) is 1.00. The molecule has 0 amide bonds. The predicted molar refractivity (Wildman–Crippen MR) is 25.9 cm³/mol. The van der Waals surface area contributed by atoms with Crippen molar-refractivity contribution in [2.24, 2.45) is 5.92 Å². The van der Waals surface area contributed by atoms with Gasteiger partial charge in [0.05, 0.1) is 6.10 Å². The minimum absolute atomic E-state index is 0.0336.